The Morgan fingerprint density at radius 3 is 2.16 bits per heavy atom. The van der Waals surface area contributed by atoms with E-state index in [4.69, 9.17) is 11.6 Å². The van der Waals surface area contributed by atoms with Gasteiger partial charge in [0.15, 0.2) is 0 Å². The van der Waals surface area contributed by atoms with Crippen LogP contribution in [0.3, 0.4) is 0 Å². The van der Waals surface area contributed by atoms with Crippen molar-refractivity contribution in [1.29, 1.82) is 0 Å². The molecule has 0 atom stereocenters. The fourth-order valence-electron chi connectivity index (χ4n) is 4.17. The zero-order valence-electron chi connectivity index (χ0n) is 15.1. The third kappa shape index (κ3) is 5.07. The molecular formula is C23H28ClF. The van der Waals surface area contributed by atoms with E-state index < -0.39 is 0 Å². The van der Waals surface area contributed by atoms with E-state index in [1.165, 1.54) is 44.9 Å². The van der Waals surface area contributed by atoms with Crippen LogP contribution in [0.25, 0.3) is 11.1 Å². The van der Waals surface area contributed by atoms with Gasteiger partial charge >= 0.3 is 0 Å². The van der Waals surface area contributed by atoms with E-state index in [1.54, 1.807) is 18.2 Å². The van der Waals surface area contributed by atoms with Crippen molar-refractivity contribution in [2.24, 2.45) is 11.8 Å². The molecular weight excluding hydrogens is 331 g/mol. The molecule has 1 aliphatic carbocycles. The van der Waals surface area contributed by atoms with E-state index in [1.807, 2.05) is 18.2 Å². The Balaban J connectivity index is 1.56. The highest BCUT2D eigenvalue weighted by Crippen LogP contribution is 2.34. The summed E-state index contributed by atoms with van der Waals surface area (Å²) >= 11 is 5.91. The Bertz CT molecular complexity index is 669. The minimum Gasteiger partial charge on any atom is -0.206 e. The molecule has 25 heavy (non-hydrogen) atoms. The monoisotopic (exact) mass is 358 g/mol. The summed E-state index contributed by atoms with van der Waals surface area (Å²) in [5, 5.41) is 0.675. The standard InChI is InChI=1S/C23H28ClF/c1-2-3-17-4-6-18(7-5-17)8-9-19-10-15-22(23(25)16-19)20-11-13-21(24)14-12-20/h10-18H,2-9H2,1H3/t17-,18-. The first kappa shape index (κ1) is 18.5. The average Bonchev–Trinajstić information content (AvgIpc) is 2.62. The van der Waals surface area contributed by atoms with Crippen LogP contribution in [0, 0.1) is 17.7 Å². The van der Waals surface area contributed by atoms with Gasteiger partial charge in [0.2, 0.25) is 0 Å². The summed E-state index contributed by atoms with van der Waals surface area (Å²) in [5.41, 5.74) is 2.65. The first-order valence-electron chi connectivity index (χ1n) is 9.70. The fourth-order valence-corrected chi connectivity index (χ4v) is 4.29. The predicted molar refractivity (Wildman–Crippen MR) is 106 cm³/mol. The molecule has 3 rings (SSSR count). The van der Waals surface area contributed by atoms with Crippen molar-refractivity contribution in [2.45, 2.75) is 58.3 Å². The zero-order valence-corrected chi connectivity index (χ0v) is 15.9. The topological polar surface area (TPSA) is 0 Å². The molecule has 1 saturated carbocycles. The first-order valence-corrected chi connectivity index (χ1v) is 10.1. The Hall–Kier alpha value is -1.34. The van der Waals surface area contributed by atoms with Gasteiger partial charge in [0.25, 0.3) is 0 Å². The summed E-state index contributed by atoms with van der Waals surface area (Å²) in [4.78, 5) is 0. The van der Waals surface area contributed by atoms with Crippen molar-refractivity contribution in [3.05, 3.63) is 58.9 Å². The smallest absolute Gasteiger partial charge is 0.131 e. The van der Waals surface area contributed by atoms with Gasteiger partial charge in [0.1, 0.15) is 5.82 Å². The van der Waals surface area contributed by atoms with E-state index in [0.29, 0.717) is 10.6 Å². The number of halogens is 2. The minimum absolute atomic E-state index is 0.133. The SMILES string of the molecule is CCC[C@H]1CC[C@H](CCc2ccc(-c3ccc(Cl)cc3)c(F)c2)CC1. The summed E-state index contributed by atoms with van der Waals surface area (Å²) in [6.07, 6.45) is 10.4. The molecule has 2 heteroatoms. The summed E-state index contributed by atoms with van der Waals surface area (Å²) in [6, 6.07) is 13.1. The van der Waals surface area contributed by atoms with Crippen LogP contribution in [0.5, 0.6) is 0 Å². The van der Waals surface area contributed by atoms with Gasteiger partial charge in [-0.25, -0.2) is 4.39 Å². The highest BCUT2D eigenvalue weighted by molar-refractivity contribution is 6.30. The molecule has 0 aromatic heterocycles. The molecule has 0 heterocycles. The van der Waals surface area contributed by atoms with Crippen molar-refractivity contribution < 1.29 is 4.39 Å². The van der Waals surface area contributed by atoms with Crippen LogP contribution in [0.15, 0.2) is 42.5 Å². The van der Waals surface area contributed by atoms with Gasteiger partial charge in [0.05, 0.1) is 0 Å². The molecule has 2 aromatic carbocycles. The molecule has 0 aliphatic heterocycles. The first-order chi connectivity index (χ1) is 12.2. The van der Waals surface area contributed by atoms with Gasteiger partial charge in [-0.05, 0) is 54.0 Å². The van der Waals surface area contributed by atoms with Crippen LogP contribution in [-0.2, 0) is 6.42 Å². The second kappa shape index (κ2) is 8.85. The van der Waals surface area contributed by atoms with Gasteiger partial charge in [-0.15, -0.1) is 0 Å². The van der Waals surface area contributed by atoms with E-state index in [2.05, 4.69) is 13.0 Å². The maximum Gasteiger partial charge on any atom is 0.131 e. The summed E-state index contributed by atoms with van der Waals surface area (Å²) in [6.45, 7) is 2.29. The van der Waals surface area contributed by atoms with Crippen molar-refractivity contribution in [1.82, 2.24) is 0 Å². The number of benzene rings is 2. The lowest BCUT2D eigenvalue weighted by Crippen LogP contribution is -2.15. The lowest BCUT2D eigenvalue weighted by atomic mass is 9.78. The molecule has 0 bridgehead atoms. The van der Waals surface area contributed by atoms with E-state index >= 15 is 0 Å². The number of hydrogen-bond acceptors (Lipinski definition) is 0. The maximum atomic E-state index is 14.5. The maximum absolute atomic E-state index is 14.5. The molecule has 0 spiro atoms. The Kier molecular flexibility index (Phi) is 6.53. The normalized spacial score (nSPS) is 20.6. The quantitative estimate of drug-likeness (QED) is 0.496. The second-order valence-corrected chi connectivity index (χ2v) is 7.97. The predicted octanol–water partition coefficient (Wildman–Crippen LogP) is 7.69. The Morgan fingerprint density at radius 2 is 1.56 bits per heavy atom. The highest BCUT2D eigenvalue weighted by Gasteiger charge is 2.20. The van der Waals surface area contributed by atoms with Gasteiger partial charge in [-0.1, -0.05) is 81.3 Å². The minimum atomic E-state index is -0.133. The largest absolute Gasteiger partial charge is 0.206 e. The molecule has 0 radical (unpaired) electrons. The lowest BCUT2D eigenvalue weighted by Gasteiger charge is -2.28. The third-order valence-corrected chi connectivity index (χ3v) is 5.95. The van der Waals surface area contributed by atoms with Crippen LogP contribution >= 0.6 is 11.6 Å². The molecule has 0 N–H and O–H groups in total. The van der Waals surface area contributed by atoms with Crippen molar-refractivity contribution in [3.8, 4) is 11.1 Å². The van der Waals surface area contributed by atoms with E-state index in [0.717, 1.165) is 29.4 Å². The van der Waals surface area contributed by atoms with Crippen LogP contribution in [0.2, 0.25) is 5.02 Å². The molecule has 0 saturated heterocycles. The van der Waals surface area contributed by atoms with E-state index in [-0.39, 0.29) is 5.82 Å². The number of hydrogen-bond donors (Lipinski definition) is 0. The van der Waals surface area contributed by atoms with Gasteiger partial charge in [-0.2, -0.15) is 0 Å². The Morgan fingerprint density at radius 1 is 0.920 bits per heavy atom. The van der Waals surface area contributed by atoms with Gasteiger partial charge in [0, 0.05) is 10.6 Å². The van der Waals surface area contributed by atoms with Crippen LogP contribution < -0.4 is 0 Å². The number of rotatable bonds is 6. The Labute approximate surface area is 156 Å². The van der Waals surface area contributed by atoms with Gasteiger partial charge in [-0.3, -0.25) is 0 Å². The fraction of sp³-hybridized carbons (Fsp3) is 0.478. The van der Waals surface area contributed by atoms with Crippen molar-refractivity contribution >= 4 is 11.6 Å². The van der Waals surface area contributed by atoms with Crippen molar-refractivity contribution in [3.63, 3.8) is 0 Å². The molecule has 0 unspecified atom stereocenters. The van der Waals surface area contributed by atoms with E-state index in [9.17, 15) is 4.39 Å². The summed E-state index contributed by atoms with van der Waals surface area (Å²) < 4.78 is 14.5. The lowest BCUT2D eigenvalue weighted by molar-refractivity contribution is 0.252. The molecule has 2 aromatic rings. The molecule has 1 aliphatic rings. The summed E-state index contributed by atoms with van der Waals surface area (Å²) in [5.74, 6) is 1.65. The molecule has 1 fully saturated rings. The molecule has 0 amide bonds. The molecule has 134 valence electrons. The highest BCUT2D eigenvalue weighted by atomic mass is 35.5. The number of aryl methyl sites for hydroxylation is 1. The third-order valence-electron chi connectivity index (χ3n) is 5.69. The average molecular weight is 359 g/mol. The van der Waals surface area contributed by atoms with Crippen LogP contribution in [0.4, 0.5) is 4.39 Å². The second-order valence-electron chi connectivity index (χ2n) is 7.54. The molecule has 0 nitrogen and oxygen atoms in total. The van der Waals surface area contributed by atoms with Crippen molar-refractivity contribution in [2.75, 3.05) is 0 Å². The van der Waals surface area contributed by atoms with Crippen LogP contribution in [0.1, 0.15) is 57.4 Å². The zero-order chi connectivity index (χ0) is 17.6. The van der Waals surface area contributed by atoms with Gasteiger partial charge < -0.3 is 0 Å². The van der Waals surface area contributed by atoms with Crippen LogP contribution in [-0.4, -0.2) is 0 Å². The summed E-state index contributed by atoms with van der Waals surface area (Å²) in [7, 11) is 0.